The molecule has 117 valence electrons. The first kappa shape index (κ1) is 59.1. The van der Waals surface area contributed by atoms with Crippen LogP contribution in [0, 0.1) is 38.5 Å². The van der Waals surface area contributed by atoms with Crippen LogP contribution in [0.4, 0.5) is 0 Å². The molecule has 0 heterocycles. The fourth-order valence-corrected chi connectivity index (χ4v) is 0. The molecule has 0 unspecified atom stereocenters. The molecule has 0 aromatic carbocycles. The van der Waals surface area contributed by atoms with Crippen molar-refractivity contribution in [3.05, 3.63) is 20.8 Å². The molecule has 1 radical (unpaired) electrons. The van der Waals surface area contributed by atoms with Crippen LogP contribution >= 0.6 is 49.6 Å². The summed E-state index contributed by atoms with van der Waals surface area (Å²) in [4.78, 5) is 0. The van der Waals surface area contributed by atoms with Crippen LogP contribution in [-0.4, -0.2) is 17.4 Å². The molecule has 6 heteroatoms. The van der Waals surface area contributed by atoms with E-state index in [2.05, 4.69) is 62.3 Å². The first-order chi connectivity index (χ1) is 5.20. The Kier molecular flexibility index (Phi) is 166. The van der Waals surface area contributed by atoms with Crippen molar-refractivity contribution in [1.29, 1.82) is 0 Å². The Morgan fingerprint density at radius 3 is 0.500 bits per heavy atom. The van der Waals surface area contributed by atoms with E-state index < -0.39 is 0 Å². The third-order valence-electron chi connectivity index (χ3n) is 0. The van der Waals surface area contributed by atoms with Gasteiger partial charge in [-0.15, -0.1) is 49.6 Å². The molecular formula is C12H34AlCl4Ti. The summed E-state index contributed by atoms with van der Waals surface area (Å²) < 4.78 is 0. The Bertz CT molecular complexity index is 52.6. The molecule has 0 atom stereocenters. The van der Waals surface area contributed by atoms with Crippen LogP contribution in [0.15, 0.2) is 0 Å². The summed E-state index contributed by atoms with van der Waals surface area (Å²) in [5.41, 5.74) is 0. The van der Waals surface area contributed by atoms with Crippen molar-refractivity contribution in [2.45, 2.75) is 41.5 Å². The second kappa shape index (κ2) is 50.5. The summed E-state index contributed by atoms with van der Waals surface area (Å²) in [7, 11) is 0. The van der Waals surface area contributed by atoms with Gasteiger partial charge < -0.3 is 20.8 Å². The Morgan fingerprint density at radius 2 is 0.500 bits per heavy atom. The van der Waals surface area contributed by atoms with Crippen molar-refractivity contribution < 1.29 is 21.7 Å². The zero-order valence-electron chi connectivity index (χ0n) is 12.0. The number of rotatable bonds is 0. The van der Waals surface area contributed by atoms with E-state index in [1.807, 2.05) is 0 Å². The van der Waals surface area contributed by atoms with Gasteiger partial charge >= 0.3 is 21.7 Å². The molecular weight excluding hydrogens is 361 g/mol. The van der Waals surface area contributed by atoms with Crippen molar-refractivity contribution >= 4 is 67.0 Å². The normalized spacial score (nSPS) is 6.00. The maximum Gasteiger partial charge on any atom is 3.00 e. The second-order valence-corrected chi connectivity index (χ2v) is 4.18. The fourth-order valence-electron chi connectivity index (χ4n) is 0. The molecule has 0 rings (SSSR count). The van der Waals surface area contributed by atoms with Crippen LogP contribution in [0.3, 0.4) is 0 Å². The second-order valence-electron chi connectivity index (χ2n) is 4.18. The number of halogens is 4. The Morgan fingerprint density at radius 1 is 0.500 bits per heavy atom. The van der Waals surface area contributed by atoms with E-state index in [-0.39, 0.29) is 88.7 Å². The van der Waals surface area contributed by atoms with Gasteiger partial charge in [0.1, 0.15) is 0 Å². The molecule has 0 aliphatic heterocycles. The number of hydrogen-bond acceptors (Lipinski definition) is 0. The molecule has 0 bridgehead atoms. The SMILES string of the molecule is Cl.Cl.Cl.Cl.[AlH3].[CH2-]C(C)C.[CH2-]C(C)C.[CH2-]C(C)C.[Ti+3]. The average Bonchev–Trinajstić information content (AvgIpc) is 1.54. The molecule has 0 saturated heterocycles. The van der Waals surface area contributed by atoms with Gasteiger partial charge in [-0.2, -0.15) is 17.8 Å². The Hall–Kier alpha value is 2.41. The Balaban J connectivity index is -0.00000000827. The van der Waals surface area contributed by atoms with Crippen LogP contribution in [0.5, 0.6) is 0 Å². The smallest absolute Gasteiger partial charge is 0.341 e. The van der Waals surface area contributed by atoms with E-state index in [1.165, 1.54) is 0 Å². The Labute approximate surface area is 167 Å². The van der Waals surface area contributed by atoms with Gasteiger partial charge in [0.15, 0.2) is 17.4 Å². The zero-order valence-corrected chi connectivity index (χ0v) is 16.8. The first-order valence-electron chi connectivity index (χ1n) is 4.69. The van der Waals surface area contributed by atoms with E-state index >= 15 is 0 Å². The molecule has 0 aromatic rings. The van der Waals surface area contributed by atoms with Crippen molar-refractivity contribution in [3.63, 3.8) is 0 Å². The summed E-state index contributed by atoms with van der Waals surface area (Å²) in [5.74, 6) is 1.75. The van der Waals surface area contributed by atoms with E-state index in [4.69, 9.17) is 0 Å². The van der Waals surface area contributed by atoms with E-state index in [0.29, 0.717) is 17.8 Å². The van der Waals surface area contributed by atoms with Crippen LogP contribution in [0.2, 0.25) is 0 Å². The molecule has 0 aromatic heterocycles. The molecule has 0 saturated carbocycles. The molecule has 0 amide bonds. The minimum Gasteiger partial charge on any atom is -0.341 e. The van der Waals surface area contributed by atoms with Crippen LogP contribution in [0.1, 0.15) is 41.5 Å². The minimum absolute atomic E-state index is 0. The molecule has 0 spiro atoms. The maximum atomic E-state index is 3.64. The van der Waals surface area contributed by atoms with Gasteiger partial charge in [0.25, 0.3) is 0 Å². The van der Waals surface area contributed by atoms with Crippen molar-refractivity contribution in [1.82, 2.24) is 0 Å². The van der Waals surface area contributed by atoms with Crippen molar-refractivity contribution in [2.24, 2.45) is 17.8 Å². The number of hydrogen-bond donors (Lipinski definition) is 0. The van der Waals surface area contributed by atoms with Crippen LogP contribution in [0.25, 0.3) is 0 Å². The van der Waals surface area contributed by atoms with Crippen molar-refractivity contribution in [2.75, 3.05) is 0 Å². The van der Waals surface area contributed by atoms with Gasteiger partial charge in [-0.3, -0.25) is 0 Å². The van der Waals surface area contributed by atoms with Crippen LogP contribution < -0.4 is 0 Å². The standard InChI is InChI=1S/3C4H9.Al.4ClH.Ti.3H/c3*1-4(2)3;;;;;;;;;/h3*4H,1H2,2-3H3;;4*1H;;;;/q3*-1;;;;;;+3;;;. The topological polar surface area (TPSA) is 0 Å². The van der Waals surface area contributed by atoms with Gasteiger partial charge in [0.2, 0.25) is 0 Å². The zero-order chi connectivity index (χ0) is 10.7. The fraction of sp³-hybridized carbons (Fsp3) is 0.750. The molecule has 0 nitrogen and oxygen atoms in total. The summed E-state index contributed by atoms with van der Waals surface area (Å²) in [5, 5.41) is 0. The average molecular weight is 395 g/mol. The van der Waals surface area contributed by atoms with Gasteiger partial charge in [-0.1, -0.05) is 41.5 Å². The van der Waals surface area contributed by atoms with Gasteiger partial charge in [0.05, 0.1) is 0 Å². The molecule has 0 N–H and O–H groups in total. The van der Waals surface area contributed by atoms with E-state index in [9.17, 15) is 0 Å². The molecule has 0 aliphatic carbocycles. The third kappa shape index (κ3) is 963. The largest absolute Gasteiger partial charge is 3.00 e. The maximum absolute atomic E-state index is 3.64. The predicted octanol–water partition coefficient (Wildman–Crippen LogP) is 4.93. The summed E-state index contributed by atoms with van der Waals surface area (Å²) >= 11 is 0. The monoisotopic (exact) mass is 393 g/mol. The van der Waals surface area contributed by atoms with E-state index in [1.54, 1.807) is 0 Å². The quantitative estimate of drug-likeness (QED) is 0.403. The van der Waals surface area contributed by atoms with Crippen LogP contribution in [-0.2, 0) is 21.7 Å². The third-order valence-corrected chi connectivity index (χ3v) is 0. The van der Waals surface area contributed by atoms with Gasteiger partial charge in [-0.25, -0.2) is 0 Å². The molecule has 0 fully saturated rings. The molecule has 18 heavy (non-hydrogen) atoms. The van der Waals surface area contributed by atoms with Gasteiger partial charge in [-0.05, 0) is 0 Å². The predicted molar refractivity (Wildman–Crippen MR) is 99.5 cm³/mol. The minimum atomic E-state index is 0. The summed E-state index contributed by atoms with van der Waals surface area (Å²) in [6, 6.07) is 0. The summed E-state index contributed by atoms with van der Waals surface area (Å²) in [6.07, 6.45) is 0. The molecule has 0 aliphatic rings. The van der Waals surface area contributed by atoms with Crippen molar-refractivity contribution in [3.8, 4) is 0 Å². The summed E-state index contributed by atoms with van der Waals surface area (Å²) in [6.45, 7) is 23.2. The first-order valence-corrected chi connectivity index (χ1v) is 4.69. The van der Waals surface area contributed by atoms with Gasteiger partial charge in [0, 0.05) is 0 Å². The van der Waals surface area contributed by atoms with E-state index in [0.717, 1.165) is 0 Å².